The number of hydrogen-bond donors (Lipinski definition) is 2. The van der Waals surface area contributed by atoms with Gasteiger partial charge in [0.05, 0.1) is 12.7 Å². The van der Waals surface area contributed by atoms with E-state index in [-0.39, 0.29) is 11.3 Å². The van der Waals surface area contributed by atoms with Crippen LogP contribution in [0.5, 0.6) is 0 Å². The van der Waals surface area contributed by atoms with Gasteiger partial charge in [-0.3, -0.25) is 0 Å². The summed E-state index contributed by atoms with van der Waals surface area (Å²) in [5.74, 6) is 0.271. The van der Waals surface area contributed by atoms with Gasteiger partial charge in [0, 0.05) is 13.2 Å². The number of nitrogens with one attached hydrogen (secondary N) is 1. The van der Waals surface area contributed by atoms with Crippen LogP contribution < -0.4 is 5.32 Å². The van der Waals surface area contributed by atoms with Gasteiger partial charge in [0.2, 0.25) is 0 Å². The van der Waals surface area contributed by atoms with Crippen LogP contribution in [0, 0.1) is 23.7 Å². The standard InChI is InChI=1S/C16H34NO2.C2H6.Rf/c1-13(2)11-19-12-14(18)10-17-9-8-16(6,7)15(3,4)5;1-2;/h13-14,17-18H,1,8-12H2,2-7H3;1-2H3;/q-1;;. The summed E-state index contributed by atoms with van der Waals surface area (Å²) < 4.78 is 5.36. The molecule has 0 radical (unpaired) electrons. The first-order chi connectivity index (χ1) is 9.56. The molecule has 0 saturated carbocycles. The second-order valence-corrected chi connectivity index (χ2v) is 7.38. The Balaban J connectivity index is -0.00000115. The van der Waals surface area contributed by atoms with Crippen LogP contribution in [-0.4, -0.2) is 37.5 Å². The molecule has 0 saturated heterocycles. The van der Waals surface area contributed by atoms with E-state index in [4.69, 9.17) is 4.74 Å². The average molecular weight is 570 g/mol. The van der Waals surface area contributed by atoms with E-state index < -0.39 is 6.10 Å². The van der Waals surface area contributed by atoms with E-state index in [1.807, 2.05) is 20.8 Å². The van der Waals surface area contributed by atoms with Gasteiger partial charge in [0.15, 0.2) is 0 Å². The molecule has 0 heterocycles. The third kappa shape index (κ3) is 12.6. The maximum atomic E-state index is 9.74. The second-order valence-electron chi connectivity index (χ2n) is 7.38. The van der Waals surface area contributed by atoms with Crippen LogP contribution in [0.15, 0.2) is 0 Å². The molecule has 0 aliphatic rings. The molecule has 0 aromatic carbocycles. The normalized spacial score (nSPS) is 14.5. The van der Waals surface area contributed by atoms with Crippen LogP contribution >= 0.6 is 0 Å². The van der Waals surface area contributed by atoms with Crippen molar-refractivity contribution in [3.8, 4) is 0 Å². The minimum absolute atomic E-state index is 0. The fraction of sp³-hybridized carbons (Fsp3) is 0.944. The molecule has 2 N–H and O–H groups in total. The molecule has 0 bridgehead atoms. The van der Waals surface area contributed by atoms with E-state index in [0.29, 0.717) is 25.2 Å². The van der Waals surface area contributed by atoms with Crippen molar-refractivity contribution in [3.05, 3.63) is 6.92 Å². The second kappa shape index (κ2) is 12.4. The van der Waals surface area contributed by atoms with Gasteiger partial charge >= 0.3 is 0 Å². The number of ether oxygens (including phenoxy) is 1. The van der Waals surface area contributed by atoms with Crippen molar-refractivity contribution in [1.82, 2.24) is 5.32 Å². The number of hydrogen-bond acceptors (Lipinski definition) is 3. The topological polar surface area (TPSA) is 41.5 Å². The summed E-state index contributed by atoms with van der Waals surface area (Å²) in [5, 5.41) is 13.0. The van der Waals surface area contributed by atoms with E-state index in [2.05, 4.69) is 46.9 Å². The summed E-state index contributed by atoms with van der Waals surface area (Å²) in [6.07, 6.45) is 0.663. The zero-order valence-electron chi connectivity index (χ0n) is 16.5. The van der Waals surface area contributed by atoms with Crippen molar-refractivity contribution in [3.63, 3.8) is 0 Å². The molecule has 2 unspecified atom stereocenters. The third-order valence-electron chi connectivity index (χ3n) is 4.05. The van der Waals surface area contributed by atoms with Gasteiger partial charge in [-0.1, -0.05) is 55.4 Å². The number of aliphatic hydroxyl groups excluding tert-OH is 1. The van der Waals surface area contributed by atoms with Gasteiger partial charge in [0.25, 0.3) is 0 Å². The third-order valence-corrected chi connectivity index (χ3v) is 4.05. The summed E-state index contributed by atoms with van der Waals surface area (Å²) in [4.78, 5) is 0. The quantitative estimate of drug-likeness (QED) is 0.327. The predicted octanol–water partition coefficient (Wildman–Crippen LogP) is 3.91. The molecule has 0 aromatic rings. The van der Waals surface area contributed by atoms with Gasteiger partial charge in [0.1, 0.15) is 0 Å². The van der Waals surface area contributed by atoms with Crippen molar-refractivity contribution >= 4 is 0 Å². The smallest absolute Gasteiger partial charge is 0.0897 e. The van der Waals surface area contributed by atoms with Crippen LogP contribution in [0.3, 0.4) is 0 Å². The van der Waals surface area contributed by atoms with Crippen LogP contribution in [0.4, 0.5) is 0 Å². The molecule has 0 amide bonds. The average Bonchev–Trinajstić information content (AvgIpc) is 2.35. The molecule has 0 aromatic heterocycles. The molecule has 132 valence electrons. The van der Waals surface area contributed by atoms with Crippen molar-refractivity contribution in [2.24, 2.45) is 16.7 Å². The first kappa shape index (κ1) is 25.8. The zero-order valence-corrected chi connectivity index (χ0v) is 22.9. The fourth-order valence-corrected chi connectivity index (χ4v) is 1.51. The Morgan fingerprint density at radius 2 is 1.59 bits per heavy atom. The molecule has 4 heteroatoms. The monoisotopic (exact) mass is 569 g/mol. The van der Waals surface area contributed by atoms with Gasteiger partial charge in [-0.25, -0.2) is 0 Å². The van der Waals surface area contributed by atoms with Crippen LogP contribution in [0.1, 0.15) is 61.8 Å². The number of rotatable bonds is 9. The summed E-state index contributed by atoms with van der Waals surface area (Å²) >= 11 is 0. The zero-order chi connectivity index (χ0) is 17.1. The predicted molar refractivity (Wildman–Crippen MR) is 93.4 cm³/mol. The Bertz CT molecular complexity index is 238. The Morgan fingerprint density at radius 1 is 1.09 bits per heavy atom. The van der Waals surface area contributed by atoms with Crippen molar-refractivity contribution in [1.29, 1.82) is 0 Å². The van der Waals surface area contributed by atoms with Crippen LogP contribution in [0.2, 0.25) is 0 Å². The maximum absolute atomic E-state index is 9.74. The van der Waals surface area contributed by atoms with Crippen molar-refractivity contribution < 1.29 is 9.84 Å². The SMILES string of the molecule is CC.[CH2-]C(C)COCC(O)CNCCC(C)(C)C(C)(C)C.[Rf]. The summed E-state index contributed by atoms with van der Waals surface area (Å²) in [5.41, 5.74) is 0.575. The van der Waals surface area contributed by atoms with Crippen LogP contribution in [0.25, 0.3) is 0 Å². The number of aliphatic hydroxyl groups is 1. The molecule has 0 rings (SSSR count). The van der Waals surface area contributed by atoms with Crippen molar-refractivity contribution in [2.45, 2.75) is 67.9 Å². The summed E-state index contributed by atoms with van der Waals surface area (Å²) in [7, 11) is 0. The Morgan fingerprint density at radius 3 is 2.00 bits per heavy atom. The van der Waals surface area contributed by atoms with E-state index >= 15 is 0 Å². The van der Waals surface area contributed by atoms with Gasteiger partial charge in [-0.2, -0.15) is 0 Å². The molecular formula is C18H40NO2Rf-. The minimum atomic E-state index is -0.434. The molecule has 0 fully saturated rings. The maximum Gasteiger partial charge on any atom is 0.0897 e. The van der Waals surface area contributed by atoms with Crippen LogP contribution in [-0.2, 0) is 4.74 Å². The minimum Gasteiger partial charge on any atom is -0.389 e. The summed E-state index contributed by atoms with van der Waals surface area (Å²) in [6.45, 7) is 23.8. The Kier molecular flexibility index (Phi) is 14.6. The van der Waals surface area contributed by atoms with Gasteiger partial charge < -0.3 is 22.1 Å². The molecule has 0 aliphatic heterocycles. The fourth-order valence-electron chi connectivity index (χ4n) is 1.51. The molecule has 2 atom stereocenters. The molecule has 22 heavy (non-hydrogen) atoms. The van der Waals surface area contributed by atoms with E-state index in [9.17, 15) is 5.11 Å². The van der Waals surface area contributed by atoms with Crippen molar-refractivity contribution in [2.75, 3.05) is 26.3 Å². The van der Waals surface area contributed by atoms with E-state index in [1.54, 1.807) is 0 Å². The van der Waals surface area contributed by atoms with E-state index in [0.717, 1.165) is 13.0 Å². The Hall–Kier alpha value is -1.12. The first-order valence-corrected chi connectivity index (χ1v) is 8.36. The molecule has 0 spiro atoms. The van der Waals surface area contributed by atoms with Gasteiger partial charge in [-0.05, 0) is 23.8 Å². The van der Waals surface area contributed by atoms with E-state index in [1.165, 1.54) is 0 Å². The van der Waals surface area contributed by atoms with Gasteiger partial charge in [-0.15, -0.1) is 5.92 Å². The largest absolute Gasteiger partial charge is 0.389 e. The Labute approximate surface area is 133 Å². The molecule has 3 nitrogen and oxygen atoms in total. The molecule has 0 aliphatic carbocycles. The summed E-state index contributed by atoms with van der Waals surface area (Å²) in [6, 6.07) is 0. The first-order valence-electron chi connectivity index (χ1n) is 8.36. The molecular weight excluding hydrogens is 529 g/mol.